The molecular weight excluding hydrogens is 373 g/mol. The Hall–Kier alpha value is -1.44. The van der Waals surface area contributed by atoms with Crippen LogP contribution in [0.15, 0.2) is 30.3 Å². The minimum absolute atomic E-state index is 0.186. The summed E-state index contributed by atoms with van der Waals surface area (Å²) in [5.74, 6) is -0.273. The lowest BCUT2D eigenvalue weighted by atomic mass is 10.2. The predicted molar refractivity (Wildman–Crippen MR) is 102 cm³/mol. The number of hydrogen-bond donors (Lipinski definition) is 2. The fraction of sp³-hybridized carbons (Fsp3) is 0.611. The summed E-state index contributed by atoms with van der Waals surface area (Å²) in [5, 5.41) is 12.5. The maximum Gasteiger partial charge on any atom is 0.459 e. The second-order valence-electron chi connectivity index (χ2n) is 6.28. The molecule has 0 heterocycles. The minimum atomic E-state index is -3.95. The molecule has 4 atom stereocenters. The van der Waals surface area contributed by atoms with E-state index in [9.17, 15) is 14.5 Å². The molecule has 0 aliphatic rings. The van der Waals surface area contributed by atoms with Crippen molar-refractivity contribution in [3.8, 4) is 5.75 Å². The molecule has 1 rings (SSSR count). The fourth-order valence-electron chi connectivity index (χ4n) is 2.11. The van der Waals surface area contributed by atoms with Crippen molar-refractivity contribution in [2.24, 2.45) is 0 Å². The molecule has 0 aliphatic carbocycles. The first-order valence-electron chi connectivity index (χ1n) is 8.89. The number of rotatable bonds is 12. The molecule has 4 unspecified atom stereocenters. The number of para-hydroxylation sites is 1. The smallest absolute Gasteiger partial charge is 0.459 e. The quantitative estimate of drug-likeness (QED) is 0.406. The first kappa shape index (κ1) is 23.6. The third kappa shape index (κ3) is 8.41. The highest BCUT2D eigenvalue weighted by Crippen LogP contribution is 2.45. The molecule has 0 fully saturated rings. The van der Waals surface area contributed by atoms with E-state index in [-0.39, 0.29) is 12.7 Å². The van der Waals surface area contributed by atoms with Crippen LogP contribution in [0.5, 0.6) is 5.75 Å². The van der Waals surface area contributed by atoms with Crippen LogP contribution in [0.3, 0.4) is 0 Å². The van der Waals surface area contributed by atoms with Crippen LogP contribution in [0.25, 0.3) is 0 Å². The first-order valence-corrected chi connectivity index (χ1v) is 10.4. The van der Waals surface area contributed by atoms with E-state index in [1.54, 1.807) is 51.1 Å². The molecule has 1 aromatic carbocycles. The maximum atomic E-state index is 13.2. The summed E-state index contributed by atoms with van der Waals surface area (Å²) in [6.45, 7) is 6.55. The molecule has 0 saturated heterocycles. The second kappa shape index (κ2) is 11.4. The lowest BCUT2D eigenvalue weighted by Gasteiger charge is -2.26. The number of carbonyl (C=O) groups excluding carboxylic acids is 1. The van der Waals surface area contributed by atoms with E-state index < -0.39 is 32.0 Å². The molecule has 0 bridgehead atoms. The van der Waals surface area contributed by atoms with E-state index in [4.69, 9.17) is 18.5 Å². The Morgan fingerprint density at radius 3 is 2.37 bits per heavy atom. The zero-order chi connectivity index (χ0) is 20.4. The normalized spacial score (nSPS) is 17.0. The Kier molecular flexibility index (Phi) is 9.98. The number of aliphatic hydroxyl groups is 1. The lowest BCUT2D eigenvalue weighted by Crippen LogP contribution is -2.38. The molecule has 9 heteroatoms. The van der Waals surface area contributed by atoms with Crippen molar-refractivity contribution in [2.45, 2.75) is 58.5 Å². The average Bonchev–Trinajstić information content (AvgIpc) is 2.62. The van der Waals surface area contributed by atoms with Gasteiger partial charge in [0.25, 0.3) is 0 Å². The van der Waals surface area contributed by atoms with Crippen molar-refractivity contribution >= 4 is 13.7 Å². The molecule has 0 saturated carbocycles. The van der Waals surface area contributed by atoms with Gasteiger partial charge in [0.2, 0.25) is 0 Å². The predicted octanol–water partition coefficient (Wildman–Crippen LogP) is 2.91. The number of nitrogens with one attached hydrogen (secondary N) is 1. The van der Waals surface area contributed by atoms with Crippen LogP contribution in [-0.4, -0.2) is 49.1 Å². The van der Waals surface area contributed by atoms with Gasteiger partial charge in [0.05, 0.1) is 18.8 Å². The number of ether oxygens (including phenoxy) is 2. The van der Waals surface area contributed by atoms with Crippen LogP contribution in [-0.2, 0) is 23.4 Å². The third-order valence-electron chi connectivity index (χ3n) is 3.58. The largest absolute Gasteiger partial charge is 0.462 e. The van der Waals surface area contributed by atoms with Gasteiger partial charge in [0, 0.05) is 7.11 Å². The zero-order valence-electron chi connectivity index (χ0n) is 16.5. The minimum Gasteiger partial charge on any atom is -0.462 e. The highest BCUT2D eigenvalue weighted by Gasteiger charge is 2.34. The summed E-state index contributed by atoms with van der Waals surface area (Å²) in [6.07, 6.45) is -1.35. The number of methoxy groups -OCH3 is 1. The fourth-order valence-corrected chi connectivity index (χ4v) is 3.61. The van der Waals surface area contributed by atoms with Crippen molar-refractivity contribution in [2.75, 3.05) is 13.7 Å². The van der Waals surface area contributed by atoms with Gasteiger partial charge < -0.3 is 19.1 Å². The molecule has 1 aromatic rings. The Balaban J connectivity index is 2.91. The molecule has 0 amide bonds. The highest BCUT2D eigenvalue weighted by molar-refractivity contribution is 7.52. The van der Waals surface area contributed by atoms with E-state index in [0.717, 1.165) is 0 Å². The van der Waals surface area contributed by atoms with Crippen molar-refractivity contribution in [3.05, 3.63) is 30.3 Å². The van der Waals surface area contributed by atoms with Crippen LogP contribution in [0, 0.1) is 0 Å². The van der Waals surface area contributed by atoms with E-state index in [0.29, 0.717) is 12.2 Å². The molecule has 0 aromatic heterocycles. The summed E-state index contributed by atoms with van der Waals surface area (Å²) in [5.41, 5.74) is 0. The topological polar surface area (TPSA) is 103 Å². The first-order chi connectivity index (χ1) is 12.7. The third-order valence-corrected chi connectivity index (χ3v) is 5.23. The van der Waals surface area contributed by atoms with Crippen LogP contribution in [0.1, 0.15) is 34.1 Å². The number of esters is 1. The maximum absolute atomic E-state index is 13.2. The molecule has 27 heavy (non-hydrogen) atoms. The molecule has 0 radical (unpaired) electrons. The van der Waals surface area contributed by atoms with Gasteiger partial charge >= 0.3 is 13.7 Å². The van der Waals surface area contributed by atoms with Gasteiger partial charge in [-0.05, 0) is 39.3 Å². The molecule has 0 spiro atoms. The van der Waals surface area contributed by atoms with E-state index >= 15 is 0 Å². The van der Waals surface area contributed by atoms with E-state index in [1.807, 2.05) is 0 Å². The van der Waals surface area contributed by atoms with E-state index in [2.05, 4.69) is 5.09 Å². The standard InChI is InChI=1S/C18H30NO7P/c1-6-16(20)17(23-5)12-24-27(22,26-15-10-8-7-9-11-15)19-14(4)18(21)25-13(2)3/h7-11,13-14,16-17,20H,6,12H2,1-5H3,(H,19,22). The molecule has 2 N–H and O–H groups in total. The summed E-state index contributed by atoms with van der Waals surface area (Å²) >= 11 is 0. The molecule has 154 valence electrons. The van der Waals surface area contributed by atoms with Gasteiger partial charge in [-0.1, -0.05) is 25.1 Å². The van der Waals surface area contributed by atoms with Crippen molar-refractivity contribution in [3.63, 3.8) is 0 Å². The number of aliphatic hydroxyl groups excluding tert-OH is 1. The van der Waals surface area contributed by atoms with Crippen molar-refractivity contribution in [1.29, 1.82) is 0 Å². The van der Waals surface area contributed by atoms with Gasteiger partial charge in [-0.2, -0.15) is 5.09 Å². The monoisotopic (exact) mass is 403 g/mol. The van der Waals surface area contributed by atoms with Crippen molar-refractivity contribution in [1.82, 2.24) is 5.09 Å². The SMILES string of the molecule is CCC(O)C(COP(=O)(NC(C)C(=O)OC(C)C)Oc1ccccc1)OC. The summed E-state index contributed by atoms with van der Waals surface area (Å²) in [7, 11) is -2.53. The number of hydrogen-bond acceptors (Lipinski definition) is 7. The van der Waals surface area contributed by atoms with Gasteiger partial charge in [0.15, 0.2) is 0 Å². The van der Waals surface area contributed by atoms with Crippen molar-refractivity contribution < 1.29 is 33.0 Å². The Labute approximate surface area is 160 Å². The summed E-state index contributed by atoms with van der Waals surface area (Å²) in [6, 6.07) is 7.52. The van der Waals surface area contributed by atoms with E-state index in [1.165, 1.54) is 14.0 Å². The van der Waals surface area contributed by atoms with Crippen LogP contribution in [0.4, 0.5) is 0 Å². The highest BCUT2D eigenvalue weighted by atomic mass is 31.2. The Morgan fingerprint density at radius 2 is 1.85 bits per heavy atom. The van der Waals surface area contributed by atoms with Crippen LogP contribution < -0.4 is 9.61 Å². The molecule has 0 aliphatic heterocycles. The van der Waals surface area contributed by atoms with Crippen LogP contribution >= 0.6 is 7.75 Å². The van der Waals surface area contributed by atoms with Crippen LogP contribution in [0.2, 0.25) is 0 Å². The zero-order valence-corrected chi connectivity index (χ0v) is 17.3. The Morgan fingerprint density at radius 1 is 1.22 bits per heavy atom. The number of carbonyl (C=O) groups is 1. The Bertz CT molecular complexity index is 611. The summed E-state index contributed by atoms with van der Waals surface area (Å²) < 4.78 is 34.5. The van der Waals surface area contributed by atoms with Gasteiger partial charge in [-0.15, -0.1) is 0 Å². The summed E-state index contributed by atoms with van der Waals surface area (Å²) in [4.78, 5) is 12.1. The lowest BCUT2D eigenvalue weighted by molar-refractivity contribution is -0.149. The average molecular weight is 403 g/mol. The number of benzene rings is 1. The van der Waals surface area contributed by atoms with Gasteiger partial charge in [0.1, 0.15) is 17.9 Å². The molecule has 8 nitrogen and oxygen atoms in total. The molecular formula is C18H30NO7P. The van der Waals surface area contributed by atoms with Gasteiger partial charge in [-0.25, -0.2) is 4.57 Å². The van der Waals surface area contributed by atoms with Gasteiger partial charge in [-0.3, -0.25) is 9.32 Å². The second-order valence-corrected chi connectivity index (χ2v) is 7.98.